The third-order valence-corrected chi connectivity index (χ3v) is 0.935. The molecular formula is C4H8O2P2. The lowest BCUT2D eigenvalue weighted by molar-refractivity contribution is -0.134. The van der Waals surface area contributed by atoms with Crippen molar-refractivity contribution in [3.63, 3.8) is 0 Å². The van der Waals surface area contributed by atoms with Crippen molar-refractivity contribution in [1.82, 2.24) is 0 Å². The molecule has 46 valence electrons. The standard InChI is InChI=1S/C4H8O2P2/c1-2-6-3(5)4(7)8/h7H,2,8H2,1H3. The molecule has 4 heteroatoms. The van der Waals surface area contributed by atoms with Gasteiger partial charge in [0.05, 0.1) is 11.6 Å². The van der Waals surface area contributed by atoms with Gasteiger partial charge in [-0.3, -0.25) is 0 Å². The third-order valence-electron chi connectivity index (χ3n) is 0.495. The monoisotopic (exact) mass is 150 g/mol. The number of carbonyl (C=O) groups excluding carboxylic acids is 1. The average molecular weight is 150 g/mol. The number of hydrogen-bond donors (Lipinski definition) is 0. The fraction of sp³-hybridized carbons (Fsp3) is 0.500. The summed E-state index contributed by atoms with van der Waals surface area (Å²) in [4.78, 5) is 10.4. The average Bonchev–Trinajstić information content (AvgIpc) is 1.67. The zero-order chi connectivity index (χ0) is 6.57. The topological polar surface area (TPSA) is 26.3 Å². The summed E-state index contributed by atoms with van der Waals surface area (Å²) >= 11 is 0. The highest BCUT2D eigenvalue weighted by atomic mass is 31.1. The summed E-state index contributed by atoms with van der Waals surface area (Å²) in [5, 5.41) is 0.423. The van der Waals surface area contributed by atoms with Crippen LogP contribution in [0.5, 0.6) is 0 Å². The number of rotatable bonds is 2. The first kappa shape index (κ1) is 8.07. The van der Waals surface area contributed by atoms with Crippen LogP contribution in [0.3, 0.4) is 0 Å². The lowest BCUT2D eigenvalue weighted by Crippen LogP contribution is -2.08. The molecule has 0 rings (SSSR count). The van der Waals surface area contributed by atoms with E-state index in [9.17, 15) is 4.79 Å². The Bertz CT molecular complexity index is 111. The summed E-state index contributed by atoms with van der Waals surface area (Å²) in [5.74, 6) is -0.325. The largest absolute Gasteiger partial charge is 0.462 e. The van der Waals surface area contributed by atoms with E-state index >= 15 is 0 Å². The molecule has 0 aliphatic heterocycles. The Balaban J connectivity index is 3.49. The molecule has 0 aromatic rings. The van der Waals surface area contributed by atoms with Crippen LogP contribution in [0, 0.1) is 0 Å². The van der Waals surface area contributed by atoms with Crippen molar-refractivity contribution in [2.45, 2.75) is 6.92 Å². The van der Waals surface area contributed by atoms with Crippen molar-refractivity contribution in [1.29, 1.82) is 0 Å². The van der Waals surface area contributed by atoms with E-state index in [1.807, 2.05) is 0 Å². The van der Waals surface area contributed by atoms with E-state index in [4.69, 9.17) is 0 Å². The highest BCUT2D eigenvalue weighted by molar-refractivity contribution is 7.61. The second-order valence-electron chi connectivity index (χ2n) is 1.13. The normalized spacial score (nSPS) is 8.25. The Labute approximate surface area is 53.0 Å². The van der Waals surface area contributed by atoms with Crippen LogP contribution < -0.4 is 0 Å². The molecule has 0 aliphatic carbocycles. The number of hydrogen-bond acceptors (Lipinski definition) is 2. The predicted octanol–water partition coefficient (Wildman–Crippen LogP) is 0.697. The summed E-state index contributed by atoms with van der Waals surface area (Å²) in [6.07, 6.45) is 0. The minimum Gasteiger partial charge on any atom is -0.462 e. The van der Waals surface area contributed by atoms with E-state index < -0.39 is 0 Å². The van der Waals surface area contributed by atoms with Gasteiger partial charge in [-0.1, -0.05) is 9.24 Å². The van der Waals surface area contributed by atoms with Crippen molar-refractivity contribution >= 4 is 29.1 Å². The predicted molar refractivity (Wildman–Crippen MR) is 39.7 cm³/mol. The van der Waals surface area contributed by atoms with Gasteiger partial charge >= 0.3 is 5.97 Å². The van der Waals surface area contributed by atoms with E-state index in [0.717, 1.165) is 0 Å². The van der Waals surface area contributed by atoms with Crippen LogP contribution >= 0.6 is 18.1 Å². The molecular weight excluding hydrogens is 142 g/mol. The van der Waals surface area contributed by atoms with Crippen LogP contribution in [0.2, 0.25) is 0 Å². The molecule has 0 aliphatic rings. The molecule has 1 unspecified atom stereocenters. The molecule has 0 spiro atoms. The fourth-order valence-electron chi connectivity index (χ4n) is 0.209. The minimum atomic E-state index is -0.325. The third kappa shape index (κ3) is 3.12. The fourth-order valence-corrected chi connectivity index (χ4v) is 0.364. The Kier molecular flexibility index (Phi) is 4.03. The number of esters is 1. The van der Waals surface area contributed by atoms with Gasteiger partial charge in [-0.2, -0.15) is 0 Å². The van der Waals surface area contributed by atoms with Crippen LogP contribution in [0.15, 0.2) is 0 Å². The summed E-state index contributed by atoms with van der Waals surface area (Å²) in [6.45, 7) is 2.18. The zero-order valence-electron chi connectivity index (χ0n) is 4.60. The highest BCUT2D eigenvalue weighted by Crippen LogP contribution is 1.94. The van der Waals surface area contributed by atoms with E-state index in [2.05, 4.69) is 22.8 Å². The van der Waals surface area contributed by atoms with E-state index in [1.54, 1.807) is 6.92 Å². The lowest BCUT2D eigenvalue weighted by atomic mass is 10.8. The lowest BCUT2D eigenvalue weighted by Gasteiger charge is -1.96. The molecule has 0 radical (unpaired) electrons. The van der Waals surface area contributed by atoms with Crippen molar-refractivity contribution in [3.8, 4) is 0 Å². The van der Waals surface area contributed by atoms with Crippen LogP contribution in [-0.4, -0.2) is 17.6 Å². The van der Waals surface area contributed by atoms with Crippen molar-refractivity contribution < 1.29 is 9.53 Å². The van der Waals surface area contributed by atoms with Gasteiger partial charge in [-0.15, -0.1) is 8.86 Å². The van der Waals surface area contributed by atoms with Gasteiger partial charge < -0.3 is 4.74 Å². The van der Waals surface area contributed by atoms with Crippen LogP contribution in [0.1, 0.15) is 6.92 Å². The summed E-state index contributed by atoms with van der Waals surface area (Å²) in [5.41, 5.74) is 0. The number of ether oxygens (including phenoxy) is 1. The zero-order valence-corrected chi connectivity index (χ0v) is 6.76. The molecule has 0 bridgehead atoms. The van der Waals surface area contributed by atoms with E-state index in [1.165, 1.54) is 0 Å². The Morgan fingerprint density at radius 1 is 1.88 bits per heavy atom. The molecule has 0 saturated carbocycles. The smallest absolute Gasteiger partial charge is 0.342 e. The molecule has 1 atom stereocenters. The summed E-state index contributed by atoms with van der Waals surface area (Å²) in [7, 11) is 5.19. The molecule has 2 nitrogen and oxygen atoms in total. The number of carbonyl (C=O) groups is 1. The van der Waals surface area contributed by atoms with Gasteiger partial charge in [0.25, 0.3) is 0 Å². The quantitative estimate of drug-likeness (QED) is 0.427. The van der Waals surface area contributed by atoms with Crippen LogP contribution in [0.4, 0.5) is 0 Å². The summed E-state index contributed by atoms with van der Waals surface area (Å²) < 4.78 is 4.56. The van der Waals surface area contributed by atoms with Crippen LogP contribution in [0.25, 0.3) is 0 Å². The van der Waals surface area contributed by atoms with Gasteiger partial charge in [0.15, 0.2) is 0 Å². The minimum absolute atomic E-state index is 0.325. The maximum atomic E-state index is 10.4. The highest BCUT2D eigenvalue weighted by Gasteiger charge is 1.99. The second-order valence-corrected chi connectivity index (χ2v) is 2.83. The van der Waals surface area contributed by atoms with Crippen molar-refractivity contribution in [3.05, 3.63) is 0 Å². The first-order chi connectivity index (χ1) is 3.68. The first-order valence-corrected chi connectivity index (χ1v) is 3.27. The Morgan fingerprint density at radius 2 is 2.38 bits per heavy atom. The van der Waals surface area contributed by atoms with E-state index in [0.29, 0.717) is 11.6 Å². The van der Waals surface area contributed by atoms with Crippen LogP contribution in [-0.2, 0) is 9.53 Å². The maximum absolute atomic E-state index is 10.4. The SMILES string of the molecule is CCOC(=O)C(=P)P. The van der Waals surface area contributed by atoms with Gasteiger partial charge in [0, 0.05) is 0 Å². The van der Waals surface area contributed by atoms with Crippen molar-refractivity contribution in [2.75, 3.05) is 6.61 Å². The Hall–Kier alpha value is 0.0700. The van der Waals surface area contributed by atoms with Gasteiger partial charge in [-0.05, 0) is 6.92 Å². The molecule has 8 heavy (non-hydrogen) atoms. The van der Waals surface area contributed by atoms with Gasteiger partial charge in [0.2, 0.25) is 0 Å². The van der Waals surface area contributed by atoms with Crippen molar-refractivity contribution in [2.24, 2.45) is 0 Å². The molecule has 0 N–H and O–H groups in total. The maximum Gasteiger partial charge on any atom is 0.342 e. The molecule has 0 aromatic carbocycles. The molecule has 0 heterocycles. The molecule has 0 amide bonds. The Morgan fingerprint density at radius 3 is 2.50 bits per heavy atom. The van der Waals surface area contributed by atoms with Gasteiger partial charge in [-0.25, -0.2) is 4.79 Å². The first-order valence-electron chi connectivity index (χ1n) is 2.19. The molecule has 0 aromatic heterocycles. The summed E-state index contributed by atoms with van der Waals surface area (Å²) in [6, 6.07) is 0. The molecule has 0 fully saturated rings. The van der Waals surface area contributed by atoms with Gasteiger partial charge in [0.1, 0.15) is 0 Å². The van der Waals surface area contributed by atoms with E-state index in [-0.39, 0.29) is 5.97 Å². The molecule has 0 saturated heterocycles. The second kappa shape index (κ2) is 4.00.